The highest BCUT2D eigenvalue weighted by molar-refractivity contribution is 5.41. The molecule has 86 valence electrons. The molecule has 4 heteroatoms. The maximum atomic E-state index is 6.13. The van der Waals surface area contributed by atoms with E-state index < -0.39 is 0 Å². The van der Waals surface area contributed by atoms with Gasteiger partial charge in [-0.05, 0) is 24.7 Å². The van der Waals surface area contributed by atoms with Crippen molar-refractivity contribution >= 4 is 5.82 Å². The van der Waals surface area contributed by atoms with E-state index in [0.29, 0.717) is 17.9 Å². The molecule has 3 fully saturated rings. The predicted octanol–water partition coefficient (Wildman–Crippen LogP) is 0.814. The highest BCUT2D eigenvalue weighted by Gasteiger charge is 2.50. The summed E-state index contributed by atoms with van der Waals surface area (Å²) in [5.41, 5.74) is 7.16. The number of piperidine rings is 2. The van der Waals surface area contributed by atoms with E-state index in [2.05, 4.69) is 27.9 Å². The van der Waals surface area contributed by atoms with Gasteiger partial charge in [-0.1, -0.05) is 6.92 Å². The van der Waals surface area contributed by atoms with E-state index in [0.717, 1.165) is 30.5 Å². The number of aromatic nitrogens is 2. The van der Waals surface area contributed by atoms with Gasteiger partial charge < -0.3 is 10.6 Å². The molecule has 3 heterocycles. The number of nitrogens with zero attached hydrogens (tertiary/aromatic N) is 3. The van der Waals surface area contributed by atoms with E-state index in [1.165, 1.54) is 0 Å². The Balaban J connectivity index is 1.80. The Hall–Kier alpha value is -1.16. The molecule has 2 bridgehead atoms. The number of rotatable bonds is 1. The molecule has 0 radical (unpaired) electrons. The minimum absolute atomic E-state index is 0.411. The van der Waals surface area contributed by atoms with Gasteiger partial charge in [0.1, 0.15) is 12.1 Å². The molecule has 2 aliphatic heterocycles. The molecule has 0 amide bonds. The second-order valence-electron chi connectivity index (χ2n) is 5.19. The SMILES string of the molecule is Cc1cc(N2CC3C(C)C(C2)C3N)ncn1. The first-order valence-corrected chi connectivity index (χ1v) is 5.96. The molecule has 3 aliphatic rings. The summed E-state index contributed by atoms with van der Waals surface area (Å²) in [6.07, 6.45) is 1.65. The lowest BCUT2D eigenvalue weighted by Crippen LogP contribution is -2.67. The number of hydrogen-bond donors (Lipinski definition) is 1. The van der Waals surface area contributed by atoms with Gasteiger partial charge in [0.05, 0.1) is 0 Å². The largest absolute Gasteiger partial charge is 0.356 e. The maximum absolute atomic E-state index is 6.13. The summed E-state index contributed by atoms with van der Waals surface area (Å²) in [6, 6.07) is 2.47. The van der Waals surface area contributed by atoms with Gasteiger partial charge in [0.2, 0.25) is 0 Å². The number of fused-ring (bicyclic) bond motifs is 2. The van der Waals surface area contributed by atoms with Crippen molar-refractivity contribution in [2.24, 2.45) is 23.5 Å². The monoisotopic (exact) mass is 218 g/mol. The van der Waals surface area contributed by atoms with E-state index in [1.807, 2.05) is 6.92 Å². The Morgan fingerprint density at radius 2 is 2.00 bits per heavy atom. The molecule has 16 heavy (non-hydrogen) atoms. The van der Waals surface area contributed by atoms with Crippen molar-refractivity contribution < 1.29 is 0 Å². The van der Waals surface area contributed by atoms with Gasteiger partial charge in [-0.15, -0.1) is 0 Å². The van der Waals surface area contributed by atoms with Crippen LogP contribution in [0.3, 0.4) is 0 Å². The third-order valence-corrected chi connectivity index (χ3v) is 4.32. The lowest BCUT2D eigenvalue weighted by molar-refractivity contribution is 0.0293. The summed E-state index contributed by atoms with van der Waals surface area (Å²) in [5, 5.41) is 0. The fourth-order valence-corrected chi connectivity index (χ4v) is 3.15. The lowest BCUT2D eigenvalue weighted by atomic mass is 9.59. The fourth-order valence-electron chi connectivity index (χ4n) is 3.15. The minimum atomic E-state index is 0.411. The highest BCUT2D eigenvalue weighted by atomic mass is 15.2. The molecule has 0 aromatic carbocycles. The van der Waals surface area contributed by atoms with Crippen molar-refractivity contribution in [1.29, 1.82) is 0 Å². The molecule has 2 atom stereocenters. The van der Waals surface area contributed by atoms with Crippen molar-refractivity contribution in [2.45, 2.75) is 19.9 Å². The fraction of sp³-hybridized carbons (Fsp3) is 0.667. The van der Waals surface area contributed by atoms with Gasteiger partial charge in [-0.2, -0.15) is 0 Å². The summed E-state index contributed by atoms with van der Waals surface area (Å²) in [4.78, 5) is 10.8. The van der Waals surface area contributed by atoms with Crippen LogP contribution < -0.4 is 10.6 Å². The molecular weight excluding hydrogens is 200 g/mol. The quantitative estimate of drug-likeness (QED) is 0.758. The molecule has 2 unspecified atom stereocenters. The zero-order valence-electron chi connectivity index (χ0n) is 9.80. The van der Waals surface area contributed by atoms with Crippen LogP contribution in [0.25, 0.3) is 0 Å². The van der Waals surface area contributed by atoms with Crippen molar-refractivity contribution in [3.63, 3.8) is 0 Å². The molecule has 1 saturated carbocycles. The van der Waals surface area contributed by atoms with Gasteiger partial charge in [-0.3, -0.25) is 0 Å². The van der Waals surface area contributed by atoms with Crippen molar-refractivity contribution in [3.05, 3.63) is 18.1 Å². The first-order valence-electron chi connectivity index (χ1n) is 5.96. The van der Waals surface area contributed by atoms with Crippen LogP contribution in [0.15, 0.2) is 12.4 Å². The topological polar surface area (TPSA) is 55.0 Å². The Morgan fingerprint density at radius 3 is 2.56 bits per heavy atom. The van der Waals surface area contributed by atoms with Crippen LogP contribution in [-0.4, -0.2) is 29.1 Å². The van der Waals surface area contributed by atoms with Crippen molar-refractivity contribution in [3.8, 4) is 0 Å². The summed E-state index contributed by atoms with van der Waals surface area (Å²) in [5.74, 6) is 3.14. The number of aryl methyl sites for hydroxylation is 1. The Bertz CT molecular complexity index is 382. The van der Waals surface area contributed by atoms with Crippen LogP contribution in [0.1, 0.15) is 12.6 Å². The van der Waals surface area contributed by atoms with E-state index >= 15 is 0 Å². The summed E-state index contributed by atoms with van der Waals surface area (Å²) in [6.45, 7) is 6.43. The van der Waals surface area contributed by atoms with Gasteiger partial charge in [0.25, 0.3) is 0 Å². The number of hydrogen-bond acceptors (Lipinski definition) is 4. The van der Waals surface area contributed by atoms with E-state index in [-0.39, 0.29) is 0 Å². The molecule has 0 spiro atoms. The highest BCUT2D eigenvalue weighted by Crippen LogP contribution is 2.44. The summed E-state index contributed by atoms with van der Waals surface area (Å²) < 4.78 is 0. The van der Waals surface area contributed by atoms with Gasteiger partial charge in [0.15, 0.2) is 0 Å². The third kappa shape index (κ3) is 1.33. The molecule has 4 nitrogen and oxygen atoms in total. The van der Waals surface area contributed by atoms with Crippen LogP contribution >= 0.6 is 0 Å². The Kier molecular flexibility index (Phi) is 2.14. The van der Waals surface area contributed by atoms with Gasteiger partial charge in [0, 0.05) is 30.9 Å². The van der Waals surface area contributed by atoms with Crippen LogP contribution in [-0.2, 0) is 0 Å². The molecule has 1 aromatic heterocycles. The molecule has 1 aromatic rings. The number of nitrogens with two attached hydrogens (primary N) is 1. The Labute approximate surface area is 95.9 Å². The molecule has 1 aliphatic carbocycles. The summed E-state index contributed by atoms with van der Waals surface area (Å²) in [7, 11) is 0. The molecule has 2 N–H and O–H groups in total. The van der Waals surface area contributed by atoms with Crippen LogP contribution in [0, 0.1) is 24.7 Å². The first kappa shape index (κ1) is 10.0. The average molecular weight is 218 g/mol. The normalized spacial score (nSPS) is 37.1. The number of anilines is 1. The predicted molar refractivity (Wildman–Crippen MR) is 63.1 cm³/mol. The van der Waals surface area contributed by atoms with Crippen LogP contribution in [0.5, 0.6) is 0 Å². The van der Waals surface area contributed by atoms with E-state index in [1.54, 1.807) is 6.33 Å². The lowest BCUT2D eigenvalue weighted by Gasteiger charge is -2.57. The van der Waals surface area contributed by atoms with E-state index in [4.69, 9.17) is 5.73 Å². The van der Waals surface area contributed by atoms with Crippen LogP contribution in [0.4, 0.5) is 5.82 Å². The molecule has 2 saturated heterocycles. The zero-order chi connectivity index (χ0) is 11.3. The van der Waals surface area contributed by atoms with E-state index in [9.17, 15) is 0 Å². The average Bonchev–Trinajstić information content (AvgIpc) is 2.30. The standard InChI is InChI=1S/C12H18N4/c1-7-3-11(15-6-14-7)16-4-9-8(2)10(5-16)12(9)13/h3,6,8-10,12H,4-5,13H2,1-2H3. The first-order chi connectivity index (χ1) is 7.66. The van der Waals surface area contributed by atoms with Crippen molar-refractivity contribution in [1.82, 2.24) is 9.97 Å². The van der Waals surface area contributed by atoms with Crippen LogP contribution in [0.2, 0.25) is 0 Å². The van der Waals surface area contributed by atoms with Gasteiger partial charge >= 0.3 is 0 Å². The Morgan fingerprint density at radius 1 is 1.31 bits per heavy atom. The van der Waals surface area contributed by atoms with Crippen molar-refractivity contribution in [2.75, 3.05) is 18.0 Å². The van der Waals surface area contributed by atoms with Gasteiger partial charge in [-0.25, -0.2) is 9.97 Å². The molecular formula is C12H18N4. The smallest absolute Gasteiger partial charge is 0.132 e. The zero-order valence-corrected chi connectivity index (χ0v) is 9.80. The molecule has 4 rings (SSSR count). The second kappa shape index (κ2) is 3.42. The summed E-state index contributed by atoms with van der Waals surface area (Å²) >= 11 is 0. The second-order valence-corrected chi connectivity index (χ2v) is 5.19. The third-order valence-electron chi connectivity index (χ3n) is 4.32. The maximum Gasteiger partial charge on any atom is 0.132 e. The minimum Gasteiger partial charge on any atom is -0.356 e.